The predicted octanol–water partition coefficient (Wildman–Crippen LogP) is 2.60. The minimum absolute atomic E-state index is 0.219. The van der Waals surface area contributed by atoms with Crippen molar-refractivity contribution in [2.24, 2.45) is 5.73 Å². The number of rotatable bonds is 6. The molecule has 1 aromatic heterocycles. The molecule has 1 aliphatic heterocycles. The molecule has 4 rings (SSSR count). The molecule has 1 fully saturated rings. The molecule has 2 N–H and O–H groups in total. The minimum Gasteiger partial charge on any atom is -0.497 e. The van der Waals surface area contributed by atoms with E-state index in [1.165, 1.54) is 0 Å². The van der Waals surface area contributed by atoms with Crippen LogP contribution in [0.3, 0.4) is 0 Å². The summed E-state index contributed by atoms with van der Waals surface area (Å²) in [5.74, 6) is 2.12. The monoisotopic (exact) mass is 378 g/mol. The summed E-state index contributed by atoms with van der Waals surface area (Å²) in [7, 11) is 1.66. The third-order valence-electron chi connectivity index (χ3n) is 4.89. The van der Waals surface area contributed by atoms with Gasteiger partial charge in [0.25, 0.3) is 0 Å². The molecule has 0 spiro atoms. The van der Waals surface area contributed by atoms with E-state index in [1.807, 2.05) is 41.1 Å². The van der Waals surface area contributed by atoms with E-state index in [9.17, 15) is 4.79 Å². The molecule has 2 heterocycles. The molecule has 1 atom stereocenters. The fraction of sp³-hybridized carbons (Fsp3) is 0.286. The fourth-order valence-corrected chi connectivity index (χ4v) is 3.36. The summed E-state index contributed by atoms with van der Waals surface area (Å²) in [5.41, 5.74) is 7.71. The molecule has 28 heavy (non-hydrogen) atoms. The smallest absolute Gasteiger partial charge is 0.248 e. The van der Waals surface area contributed by atoms with Gasteiger partial charge in [0.15, 0.2) is 5.82 Å². The van der Waals surface area contributed by atoms with Gasteiger partial charge in [-0.25, -0.2) is 9.67 Å². The van der Waals surface area contributed by atoms with E-state index in [2.05, 4.69) is 0 Å². The van der Waals surface area contributed by atoms with Crippen LogP contribution < -0.4 is 10.5 Å². The van der Waals surface area contributed by atoms with Crippen molar-refractivity contribution in [3.8, 4) is 17.1 Å². The highest BCUT2D eigenvalue weighted by Crippen LogP contribution is 2.27. The second kappa shape index (κ2) is 7.82. The summed E-state index contributed by atoms with van der Waals surface area (Å²) in [5, 5.41) is 4.74. The fourth-order valence-electron chi connectivity index (χ4n) is 3.36. The molecule has 7 nitrogen and oxygen atoms in total. The Hall–Kier alpha value is -3.19. The standard InChI is InChI=1S/C21H22N4O3/c1-27-18-4-2-3-14(11-18)12-25-21(17-9-10-28-13-17)23-20(24-25)16-7-5-15(6-8-16)19(22)26/h2-8,11,17H,9-10,12-13H2,1H3,(H2,22,26)/t17-/m1/s1. The van der Waals surface area contributed by atoms with E-state index in [0.717, 1.165) is 35.7 Å². The van der Waals surface area contributed by atoms with Gasteiger partial charge in [-0.2, -0.15) is 5.10 Å². The molecule has 0 unspecified atom stereocenters. The Labute approximate surface area is 163 Å². The molecule has 0 bridgehead atoms. The molecule has 0 aliphatic carbocycles. The lowest BCUT2D eigenvalue weighted by molar-refractivity contribution is 0.100. The van der Waals surface area contributed by atoms with E-state index in [4.69, 9.17) is 25.3 Å². The number of nitrogens with zero attached hydrogens (tertiary/aromatic N) is 3. The number of hydrogen-bond acceptors (Lipinski definition) is 5. The maximum absolute atomic E-state index is 11.3. The van der Waals surface area contributed by atoms with Crippen molar-refractivity contribution in [3.05, 3.63) is 65.5 Å². The first-order chi connectivity index (χ1) is 13.6. The lowest BCUT2D eigenvalue weighted by atomic mass is 10.1. The summed E-state index contributed by atoms with van der Waals surface area (Å²) in [6.07, 6.45) is 0.927. The van der Waals surface area contributed by atoms with Crippen LogP contribution in [0.2, 0.25) is 0 Å². The maximum atomic E-state index is 11.3. The maximum Gasteiger partial charge on any atom is 0.248 e. The molecule has 1 amide bonds. The lowest BCUT2D eigenvalue weighted by Crippen LogP contribution is -2.11. The number of benzene rings is 2. The number of amides is 1. The number of carbonyl (C=O) groups excluding carboxylic acids is 1. The topological polar surface area (TPSA) is 92.3 Å². The van der Waals surface area contributed by atoms with Crippen LogP contribution in [0.1, 0.15) is 34.1 Å². The summed E-state index contributed by atoms with van der Waals surface area (Å²) >= 11 is 0. The molecule has 3 aromatic rings. The highest BCUT2D eigenvalue weighted by Gasteiger charge is 2.25. The van der Waals surface area contributed by atoms with Crippen LogP contribution in [0, 0.1) is 0 Å². The molecule has 7 heteroatoms. The van der Waals surface area contributed by atoms with Gasteiger partial charge in [-0.15, -0.1) is 0 Å². The van der Waals surface area contributed by atoms with E-state index < -0.39 is 5.91 Å². The lowest BCUT2D eigenvalue weighted by Gasteiger charge is -2.10. The van der Waals surface area contributed by atoms with Crippen molar-refractivity contribution in [3.63, 3.8) is 0 Å². The number of methoxy groups -OCH3 is 1. The third-order valence-corrected chi connectivity index (χ3v) is 4.89. The van der Waals surface area contributed by atoms with Gasteiger partial charge in [0.1, 0.15) is 11.6 Å². The molecule has 144 valence electrons. The van der Waals surface area contributed by atoms with Crippen LogP contribution in [0.5, 0.6) is 5.75 Å². The van der Waals surface area contributed by atoms with Gasteiger partial charge >= 0.3 is 0 Å². The largest absolute Gasteiger partial charge is 0.497 e. The summed E-state index contributed by atoms with van der Waals surface area (Å²) in [4.78, 5) is 16.1. The minimum atomic E-state index is -0.452. The first-order valence-corrected chi connectivity index (χ1v) is 9.19. The zero-order chi connectivity index (χ0) is 19.5. The molecule has 1 aliphatic rings. The van der Waals surface area contributed by atoms with Crippen LogP contribution in [0.4, 0.5) is 0 Å². The average Bonchev–Trinajstić information content (AvgIpc) is 3.38. The molecular formula is C21H22N4O3. The van der Waals surface area contributed by atoms with Gasteiger partial charge in [-0.1, -0.05) is 24.3 Å². The van der Waals surface area contributed by atoms with Crippen molar-refractivity contribution in [1.29, 1.82) is 0 Å². The summed E-state index contributed by atoms with van der Waals surface area (Å²) in [6, 6.07) is 15.0. The quantitative estimate of drug-likeness (QED) is 0.712. The van der Waals surface area contributed by atoms with Crippen molar-refractivity contribution < 1.29 is 14.3 Å². The van der Waals surface area contributed by atoms with Crippen LogP contribution >= 0.6 is 0 Å². The Kier molecular flexibility index (Phi) is 5.08. The number of ether oxygens (including phenoxy) is 2. The molecule has 0 saturated carbocycles. The van der Waals surface area contributed by atoms with Gasteiger partial charge in [0, 0.05) is 23.7 Å². The second-order valence-electron chi connectivity index (χ2n) is 6.80. The van der Waals surface area contributed by atoms with Crippen molar-refractivity contribution >= 4 is 5.91 Å². The van der Waals surface area contributed by atoms with Crippen molar-refractivity contribution in [2.75, 3.05) is 20.3 Å². The van der Waals surface area contributed by atoms with E-state index in [-0.39, 0.29) is 5.92 Å². The Morgan fingerprint density at radius 1 is 1.29 bits per heavy atom. The van der Waals surface area contributed by atoms with Crippen molar-refractivity contribution in [1.82, 2.24) is 14.8 Å². The third kappa shape index (κ3) is 3.75. The molecular weight excluding hydrogens is 356 g/mol. The zero-order valence-corrected chi connectivity index (χ0v) is 15.7. The number of primary amides is 1. The molecule has 1 saturated heterocycles. The van der Waals surface area contributed by atoms with E-state index in [1.54, 1.807) is 19.2 Å². The number of hydrogen-bond donors (Lipinski definition) is 1. The van der Waals surface area contributed by atoms with Gasteiger partial charge in [0.2, 0.25) is 5.91 Å². The Balaban J connectivity index is 1.68. The Bertz CT molecular complexity index is 976. The van der Waals surface area contributed by atoms with Gasteiger partial charge in [-0.3, -0.25) is 4.79 Å². The summed E-state index contributed by atoms with van der Waals surface area (Å²) < 4.78 is 12.8. The summed E-state index contributed by atoms with van der Waals surface area (Å²) in [6.45, 7) is 1.98. The zero-order valence-electron chi connectivity index (χ0n) is 15.7. The highest BCUT2D eigenvalue weighted by molar-refractivity contribution is 5.93. The average molecular weight is 378 g/mol. The van der Waals surface area contributed by atoms with Crippen LogP contribution in [-0.2, 0) is 11.3 Å². The number of aromatic nitrogens is 3. The highest BCUT2D eigenvalue weighted by atomic mass is 16.5. The van der Waals surface area contributed by atoms with Crippen LogP contribution in [-0.4, -0.2) is 41.0 Å². The van der Waals surface area contributed by atoms with Crippen LogP contribution in [0.15, 0.2) is 48.5 Å². The van der Waals surface area contributed by atoms with Crippen LogP contribution in [0.25, 0.3) is 11.4 Å². The molecule has 2 aromatic carbocycles. The second-order valence-corrected chi connectivity index (χ2v) is 6.80. The van der Waals surface area contributed by atoms with E-state index in [0.29, 0.717) is 24.5 Å². The van der Waals surface area contributed by atoms with Gasteiger partial charge < -0.3 is 15.2 Å². The normalized spacial score (nSPS) is 16.2. The SMILES string of the molecule is COc1cccc(Cn2nc(-c3ccc(C(N)=O)cc3)nc2[C@@H]2CCOC2)c1. The first kappa shape index (κ1) is 18.2. The number of nitrogens with two attached hydrogens (primary N) is 1. The van der Waals surface area contributed by atoms with E-state index >= 15 is 0 Å². The number of carbonyl (C=O) groups is 1. The van der Waals surface area contributed by atoms with Gasteiger partial charge in [0.05, 0.1) is 20.3 Å². The predicted molar refractivity (Wildman–Crippen MR) is 104 cm³/mol. The Morgan fingerprint density at radius 2 is 2.11 bits per heavy atom. The van der Waals surface area contributed by atoms with Gasteiger partial charge in [-0.05, 0) is 36.2 Å². The first-order valence-electron chi connectivity index (χ1n) is 9.19. The Morgan fingerprint density at radius 3 is 2.79 bits per heavy atom. The van der Waals surface area contributed by atoms with Crippen molar-refractivity contribution in [2.45, 2.75) is 18.9 Å². The molecule has 0 radical (unpaired) electrons.